The Morgan fingerprint density at radius 2 is 1.94 bits per heavy atom. The molecule has 1 atom stereocenters. The van der Waals surface area contributed by atoms with Crippen LogP contribution in [-0.2, 0) is 4.79 Å². The molecule has 6 heteroatoms. The van der Waals surface area contributed by atoms with Gasteiger partial charge in [0.15, 0.2) is 0 Å². The zero-order valence-corrected chi connectivity index (χ0v) is 13.3. The molecule has 1 amide bonds. The van der Waals surface area contributed by atoms with Crippen LogP contribution in [0.3, 0.4) is 0 Å². The Bertz CT molecular complexity index is 417. The van der Waals surface area contributed by atoms with E-state index >= 15 is 0 Å². The highest BCUT2D eigenvalue weighted by Crippen LogP contribution is 2.33. The lowest BCUT2D eigenvalue weighted by Gasteiger charge is -2.14. The number of carbonyl (C=O) groups excluding carboxylic acids is 1. The molecule has 2 N–H and O–H groups in total. The van der Waals surface area contributed by atoms with Gasteiger partial charge in [0.05, 0.1) is 15.7 Å². The molecule has 1 aromatic rings. The number of nitrogens with one attached hydrogen (secondary N) is 2. The van der Waals surface area contributed by atoms with Gasteiger partial charge in [-0.15, -0.1) is 0 Å². The Morgan fingerprint density at radius 1 is 1.39 bits per heavy atom. The third kappa shape index (κ3) is 4.76. The summed E-state index contributed by atoms with van der Waals surface area (Å²) in [4.78, 5) is 11.8. The molecule has 18 heavy (non-hydrogen) atoms. The van der Waals surface area contributed by atoms with Crippen molar-refractivity contribution >= 4 is 50.7 Å². The molecule has 0 bridgehead atoms. The summed E-state index contributed by atoms with van der Waals surface area (Å²) < 4.78 is 0.775. The third-order valence-electron chi connectivity index (χ3n) is 2.32. The number of hydrogen-bond acceptors (Lipinski definition) is 2. The largest absolute Gasteiger partial charge is 0.323 e. The van der Waals surface area contributed by atoms with Crippen molar-refractivity contribution in [1.82, 2.24) is 5.32 Å². The van der Waals surface area contributed by atoms with Crippen molar-refractivity contribution in [2.45, 2.75) is 26.3 Å². The van der Waals surface area contributed by atoms with E-state index in [1.807, 2.05) is 13.8 Å². The second-order valence-corrected chi connectivity index (χ2v) is 5.69. The van der Waals surface area contributed by atoms with E-state index in [-0.39, 0.29) is 11.9 Å². The highest BCUT2D eigenvalue weighted by Gasteiger charge is 2.13. The second kappa shape index (κ2) is 7.34. The normalized spacial score (nSPS) is 12.3. The minimum atomic E-state index is -0.116. The SMILES string of the molecule is CCNC(C)CC(=O)Nc1c(Cl)cc(Br)cc1Cl. The first kappa shape index (κ1) is 15.8. The van der Waals surface area contributed by atoms with E-state index in [0.29, 0.717) is 22.2 Å². The Morgan fingerprint density at radius 3 is 2.44 bits per heavy atom. The van der Waals surface area contributed by atoms with Crippen LogP contribution in [0, 0.1) is 0 Å². The Labute approximate surface area is 125 Å². The summed E-state index contributed by atoms with van der Waals surface area (Å²) in [6.45, 7) is 4.78. The lowest BCUT2D eigenvalue weighted by molar-refractivity contribution is -0.116. The van der Waals surface area contributed by atoms with Gasteiger partial charge in [-0.25, -0.2) is 0 Å². The maximum atomic E-state index is 11.8. The molecule has 1 aromatic carbocycles. The van der Waals surface area contributed by atoms with E-state index in [1.54, 1.807) is 12.1 Å². The van der Waals surface area contributed by atoms with E-state index in [4.69, 9.17) is 23.2 Å². The van der Waals surface area contributed by atoms with Crippen molar-refractivity contribution in [2.75, 3.05) is 11.9 Å². The first-order valence-electron chi connectivity index (χ1n) is 5.61. The third-order valence-corrected chi connectivity index (χ3v) is 3.37. The summed E-state index contributed by atoms with van der Waals surface area (Å²) in [6.07, 6.45) is 0.372. The van der Waals surface area contributed by atoms with Crippen molar-refractivity contribution < 1.29 is 4.79 Å². The van der Waals surface area contributed by atoms with Crippen molar-refractivity contribution in [3.63, 3.8) is 0 Å². The number of hydrogen-bond donors (Lipinski definition) is 2. The van der Waals surface area contributed by atoms with E-state index in [1.165, 1.54) is 0 Å². The summed E-state index contributed by atoms with van der Waals surface area (Å²) in [5, 5.41) is 6.73. The molecule has 0 spiro atoms. The van der Waals surface area contributed by atoms with E-state index in [9.17, 15) is 4.79 Å². The number of rotatable bonds is 5. The monoisotopic (exact) mass is 352 g/mol. The first-order chi connectivity index (χ1) is 8.43. The fraction of sp³-hybridized carbons (Fsp3) is 0.417. The maximum absolute atomic E-state index is 11.8. The average molecular weight is 354 g/mol. The van der Waals surface area contributed by atoms with Gasteiger partial charge in [-0.2, -0.15) is 0 Å². The van der Waals surface area contributed by atoms with E-state index in [2.05, 4.69) is 26.6 Å². The fourth-order valence-electron chi connectivity index (χ4n) is 1.55. The first-order valence-corrected chi connectivity index (χ1v) is 7.16. The Hall–Kier alpha value is -0.290. The maximum Gasteiger partial charge on any atom is 0.226 e. The van der Waals surface area contributed by atoms with Gasteiger partial charge in [-0.05, 0) is 25.6 Å². The predicted octanol–water partition coefficient (Wildman–Crippen LogP) is 4.08. The number of anilines is 1. The summed E-state index contributed by atoms with van der Waals surface area (Å²) in [5.74, 6) is -0.116. The molecule has 1 rings (SSSR count). The molecule has 0 fully saturated rings. The Kier molecular flexibility index (Phi) is 6.43. The van der Waals surface area contributed by atoms with E-state index < -0.39 is 0 Å². The van der Waals surface area contributed by atoms with Gasteiger partial charge >= 0.3 is 0 Å². The van der Waals surface area contributed by atoms with Crippen LogP contribution < -0.4 is 10.6 Å². The molecular weight excluding hydrogens is 339 g/mol. The standard InChI is InChI=1S/C12H15BrCl2N2O/c1-3-16-7(2)4-11(18)17-12-9(14)5-8(13)6-10(12)15/h5-7,16H,3-4H2,1-2H3,(H,17,18). The molecule has 0 aromatic heterocycles. The summed E-state index contributed by atoms with van der Waals surface area (Å²) in [7, 11) is 0. The zero-order valence-electron chi connectivity index (χ0n) is 10.2. The number of benzene rings is 1. The van der Waals surface area contributed by atoms with Crippen LogP contribution in [0.4, 0.5) is 5.69 Å². The Balaban J connectivity index is 2.70. The highest BCUT2D eigenvalue weighted by molar-refractivity contribution is 9.10. The van der Waals surface area contributed by atoms with Gasteiger partial charge in [0, 0.05) is 16.9 Å². The van der Waals surface area contributed by atoms with Crippen molar-refractivity contribution in [3.8, 4) is 0 Å². The topological polar surface area (TPSA) is 41.1 Å². The average Bonchev–Trinajstić information content (AvgIpc) is 2.23. The van der Waals surface area contributed by atoms with Crippen LogP contribution in [0.2, 0.25) is 10.0 Å². The van der Waals surface area contributed by atoms with Gasteiger partial charge in [0.2, 0.25) is 5.91 Å². The van der Waals surface area contributed by atoms with Crippen LogP contribution in [0.5, 0.6) is 0 Å². The lowest BCUT2D eigenvalue weighted by Crippen LogP contribution is -2.30. The molecule has 0 aliphatic rings. The van der Waals surface area contributed by atoms with Gasteiger partial charge in [-0.3, -0.25) is 4.79 Å². The van der Waals surface area contributed by atoms with Gasteiger partial charge in [-0.1, -0.05) is 46.1 Å². The van der Waals surface area contributed by atoms with Crippen LogP contribution in [0.1, 0.15) is 20.3 Å². The van der Waals surface area contributed by atoms with Gasteiger partial charge in [0.25, 0.3) is 0 Å². The van der Waals surface area contributed by atoms with Crippen molar-refractivity contribution in [1.29, 1.82) is 0 Å². The van der Waals surface area contributed by atoms with Crippen molar-refractivity contribution in [2.24, 2.45) is 0 Å². The quantitative estimate of drug-likeness (QED) is 0.837. The molecule has 0 heterocycles. The molecule has 1 unspecified atom stereocenters. The molecule has 0 saturated heterocycles. The number of carbonyl (C=O) groups is 1. The molecule has 0 aliphatic heterocycles. The summed E-state index contributed by atoms with van der Waals surface area (Å²) >= 11 is 15.3. The predicted molar refractivity (Wildman–Crippen MR) is 80.5 cm³/mol. The van der Waals surface area contributed by atoms with Crippen LogP contribution in [-0.4, -0.2) is 18.5 Å². The number of halogens is 3. The number of amides is 1. The molecule has 0 saturated carbocycles. The smallest absolute Gasteiger partial charge is 0.226 e. The minimum Gasteiger partial charge on any atom is -0.323 e. The lowest BCUT2D eigenvalue weighted by atomic mass is 10.2. The molecular formula is C12H15BrCl2N2O. The minimum absolute atomic E-state index is 0.114. The van der Waals surface area contributed by atoms with Crippen LogP contribution in [0.15, 0.2) is 16.6 Å². The van der Waals surface area contributed by atoms with Crippen LogP contribution >= 0.6 is 39.1 Å². The fourth-order valence-corrected chi connectivity index (χ4v) is 2.85. The molecule has 100 valence electrons. The summed E-state index contributed by atoms with van der Waals surface area (Å²) in [6, 6.07) is 3.50. The molecule has 0 aliphatic carbocycles. The van der Waals surface area contributed by atoms with Crippen molar-refractivity contribution in [3.05, 3.63) is 26.7 Å². The summed E-state index contributed by atoms with van der Waals surface area (Å²) in [5.41, 5.74) is 0.454. The zero-order chi connectivity index (χ0) is 13.7. The molecule has 0 radical (unpaired) electrons. The van der Waals surface area contributed by atoms with Gasteiger partial charge in [0.1, 0.15) is 0 Å². The second-order valence-electron chi connectivity index (χ2n) is 3.96. The van der Waals surface area contributed by atoms with Crippen LogP contribution in [0.25, 0.3) is 0 Å². The highest BCUT2D eigenvalue weighted by atomic mass is 79.9. The van der Waals surface area contributed by atoms with Gasteiger partial charge < -0.3 is 10.6 Å². The van der Waals surface area contributed by atoms with E-state index in [0.717, 1.165) is 11.0 Å². The molecule has 3 nitrogen and oxygen atoms in total.